The van der Waals surface area contributed by atoms with Gasteiger partial charge in [0.15, 0.2) is 5.82 Å². The van der Waals surface area contributed by atoms with Crippen LogP contribution in [-0.4, -0.2) is 51.2 Å². The van der Waals surface area contributed by atoms with Gasteiger partial charge in [-0.1, -0.05) is 0 Å². The Morgan fingerprint density at radius 3 is 2.85 bits per heavy atom. The molecule has 0 unspecified atom stereocenters. The van der Waals surface area contributed by atoms with E-state index in [1.54, 1.807) is 37.4 Å². The lowest BCUT2D eigenvalue weighted by molar-refractivity contribution is 0.0822. The zero-order chi connectivity index (χ0) is 14.5. The summed E-state index contributed by atoms with van der Waals surface area (Å²) in [6.45, 7) is 0.698. The molecule has 0 spiro atoms. The van der Waals surface area contributed by atoms with Gasteiger partial charge in [0.2, 0.25) is 0 Å². The van der Waals surface area contributed by atoms with Crippen LogP contribution in [-0.2, 0) is 13.5 Å². The highest BCUT2D eigenvalue weighted by molar-refractivity contribution is 5.92. The monoisotopic (exact) mass is 274 g/mol. The van der Waals surface area contributed by atoms with Gasteiger partial charge in [0.05, 0.1) is 0 Å². The van der Waals surface area contributed by atoms with E-state index in [1.807, 2.05) is 13.1 Å². The number of nitrogens with one attached hydrogen (secondary N) is 1. The van der Waals surface area contributed by atoms with Crippen molar-refractivity contribution in [3.63, 3.8) is 0 Å². The molecule has 0 aliphatic carbocycles. The summed E-state index contributed by atoms with van der Waals surface area (Å²) in [4.78, 5) is 21.5. The van der Waals surface area contributed by atoms with Crippen LogP contribution in [0.1, 0.15) is 16.3 Å². The summed E-state index contributed by atoms with van der Waals surface area (Å²) in [5.41, 5.74) is 1.29. The SMILES string of the molecule is CN(C)C(=O)c1cc(NCCc2ncn(C)n2)ccn1. The topological polar surface area (TPSA) is 75.9 Å². The van der Waals surface area contributed by atoms with Gasteiger partial charge >= 0.3 is 0 Å². The van der Waals surface area contributed by atoms with Crippen molar-refractivity contribution in [1.29, 1.82) is 0 Å². The number of nitrogens with zero attached hydrogens (tertiary/aromatic N) is 5. The average molecular weight is 274 g/mol. The Bertz CT molecular complexity index is 592. The van der Waals surface area contributed by atoms with Gasteiger partial charge in [-0.2, -0.15) is 5.10 Å². The predicted molar refractivity (Wildman–Crippen MR) is 75.5 cm³/mol. The van der Waals surface area contributed by atoms with Crippen molar-refractivity contribution in [2.45, 2.75) is 6.42 Å². The molecule has 0 aliphatic rings. The molecule has 2 aromatic rings. The number of pyridine rings is 1. The van der Waals surface area contributed by atoms with E-state index in [9.17, 15) is 4.79 Å². The summed E-state index contributed by atoms with van der Waals surface area (Å²) < 4.78 is 1.68. The van der Waals surface area contributed by atoms with E-state index in [2.05, 4.69) is 20.4 Å². The van der Waals surface area contributed by atoms with Crippen molar-refractivity contribution in [3.8, 4) is 0 Å². The van der Waals surface area contributed by atoms with Gasteiger partial charge in [0, 0.05) is 46.0 Å². The van der Waals surface area contributed by atoms with Crippen LogP contribution in [0.25, 0.3) is 0 Å². The van der Waals surface area contributed by atoms with Crippen molar-refractivity contribution in [3.05, 3.63) is 36.2 Å². The maximum absolute atomic E-state index is 11.8. The van der Waals surface area contributed by atoms with Gasteiger partial charge in [-0.25, -0.2) is 4.98 Å². The molecule has 0 atom stereocenters. The molecule has 1 N–H and O–H groups in total. The molecule has 0 saturated heterocycles. The molecule has 1 amide bonds. The van der Waals surface area contributed by atoms with Crippen molar-refractivity contribution in [1.82, 2.24) is 24.6 Å². The molecule has 7 nitrogen and oxygen atoms in total. The second kappa shape index (κ2) is 6.14. The summed E-state index contributed by atoms with van der Waals surface area (Å²) in [6.07, 6.45) is 4.02. The normalized spacial score (nSPS) is 10.3. The molecule has 0 fully saturated rings. The summed E-state index contributed by atoms with van der Waals surface area (Å²) in [5.74, 6) is 0.679. The second-order valence-electron chi connectivity index (χ2n) is 4.64. The van der Waals surface area contributed by atoms with Crippen molar-refractivity contribution in [2.75, 3.05) is 26.0 Å². The molecule has 106 valence electrons. The van der Waals surface area contributed by atoms with Crippen LogP contribution in [0.5, 0.6) is 0 Å². The van der Waals surface area contributed by atoms with Crippen LogP contribution in [0.15, 0.2) is 24.7 Å². The Morgan fingerprint density at radius 1 is 1.40 bits per heavy atom. The fourth-order valence-corrected chi connectivity index (χ4v) is 1.70. The third-order valence-corrected chi connectivity index (χ3v) is 2.71. The molecule has 0 saturated carbocycles. The minimum Gasteiger partial charge on any atom is -0.384 e. The number of aryl methyl sites for hydroxylation is 1. The van der Waals surface area contributed by atoms with Gasteiger partial charge in [-0.3, -0.25) is 14.5 Å². The fraction of sp³-hybridized carbons (Fsp3) is 0.385. The first kappa shape index (κ1) is 14.0. The minimum atomic E-state index is -0.111. The summed E-state index contributed by atoms with van der Waals surface area (Å²) in [6, 6.07) is 3.58. The van der Waals surface area contributed by atoms with E-state index >= 15 is 0 Å². The number of amides is 1. The van der Waals surface area contributed by atoms with Crippen LogP contribution in [0.4, 0.5) is 5.69 Å². The van der Waals surface area contributed by atoms with Crippen molar-refractivity contribution in [2.24, 2.45) is 7.05 Å². The molecule has 0 aromatic carbocycles. The van der Waals surface area contributed by atoms with E-state index in [-0.39, 0.29) is 5.91 Å². The zero-order valence-electron chi connectivity index (χ0n) is 11.9. The highest BCUT2D eigenvalue weighted by atomic mass is 16.2. The van der Waals surface area contributed by atoms with E-state index in [1.165, 1.54) is 4.90 Å². The van der Waals surface area contributed by atoms with Crippen molar-refractivity contribution < 1.29 is 4.79 Å². The van der Waals surface area contributed by atoms with E-state index < -0.39 is 0 Å². The number of carbonyl (C=O) groups excluding carboxylic acids is 1. The molecule has 0 radical (unpaired) electrons. The lowest BCUT2D eigenvalue weighted by atomic mass is 10.3. The van der Waals surface area contributed by atoms with Crippen LogP contribution in [0, 0.1) is 0 Å². The smallest absolute Gasteiger partial charge is 0.272 e. The molecule has 0 bridgehead atoms. The van der Waals surface area contributed by atoms with Crippen LogP contribution in [0.2, 0.25) is 0 Å². The maximum atomic E-state index is 11.8. The third-order valence-electron chi connectivity index (χ3n) is 2.71. The molecular formula is C13H18N6O. The molecular weight excluding hydrogens is 256 g/mol. The standard InChI is InChI=1S/C13H18N6O/c1-18(2)13(20)11-8-10(4-6-15-11)14-7-5-12-16-9-19(3)17-12/h4,6,8-9H,5,7H2,1-3H3,(H,14,15). The lowest BCUT2D eigenvalue weighted by Crippen LogP contribution is -2.22. The first-order valence-electron chi connectivity index (χ1n) is 6.32. The first-order valence-corrected chi connectivity index (χ1v) is 6.32. The van der Waals surface area contributed by atoms with E-state index in [0.717, 1.165) is 17.9 Å². The Balaban J connectivity index is 1.93. The van der Waals surface area contributed by atoms with Crippen LogP contribution < -0.4 is 5.32 Å². The maximum Gasteiger partial charge on any atom is 0.272 e. The Kier molecular flexibility index (Phi) is 4.29. The molecule has 2 rings (SSSR count). The summed E-state index contributed by atoms with van der Waals surface area (Å²) in [5, 5.41) is 7.44. The predicted octanol–water partition coefficient (Wildman–Crippen LogP) is 0.566. The van der Waals surface area contributed by atoms with Gasteiger partial charge in [0.1, 0.15) is 12.0 Å². The highest BCUT2D eigenvalue weighted by Gasteiger charge is 2.09. The molecule has 0 aliphatic heterocycles. The van der Waals surface area contributed by atoms with Gasteiger partial charge in [-0.05, 0) is 12.1 Å². The number of hydrogen-bond acceptors (Lipinski definition) is 5. The Morgan fingerprint density at radius 2 is 2.20 bits per heavy atom. The largest absolute Gasteiger partial charge is 0.384 e. The lowest BCUT2D eigenvalue weighted by Gasteiger charge is -2.11. The van der Waals surface area contributed by atoms with Crippen LogP contribution >= 0.6 is 0 Å². The van der Waals surface area contributed by atoms with E-state index in [0.29, 0.717) is 12.2 Å². The number of rotatable bonds is 5. The molecule has 7 heteroatoms. The summed E-state index contributed by atoms with van der Waals surface area (Å²) in [7, 11) is 5.25. The van der Waals surface area contributed by atoms with Gasteiger partial charge < -0.3 is 10.2 Å². The average Bonchev–Trinajstić information content (AvgIpc) is 2.84. The van der Waals surface area contributed by atoms with Crippen molar-refractivity contribution >= 4 is 11.6 Å². The first-order chi connectivity index (χ1) is 9.56. The zero-order valence-corrected chi connectivity index (χ0v) is 11.9. The molecule has 2 aromatic heterocycles. The number of aromatic nitrogens is 4. The number of anilines is 1. The Hall–Kier alpha value is -2.44. The highest BCUT2D eigenvalue weighted by Crippen LogP contribution is 2.09. The van der Waals surface area contributed by atoms with E-state index in [4.69, 9.17) is 0 Å². The fourth-order valence-electron chi connectivity index (χ4n) is 1.70. The number of carbonyl (C=O) groups is 1. The van der Waals surface area contributed by atoms with Crippen LogP contribution in [0.3, 0.4) is 0 Å². The molecule has 2 heterocycles. The third kappa shape index (κ3) is 3.53. The van der Waals surface area contributed by atoms with Gasteiger partial charge in [-0.15, -0.1) is 0 Å². The summed E-state index contributed by atoms with van der Waals surface area (Å²) >= 11 is 0. The second-order valence-corrected chi connectivity index (χ2v) is 4.64. The Labute approximate surface area is 117 Å². The number of hydrogen-bond donors (Lipinski definition) is 1. The molecule has 20 heavy (non-hydrogen) atoms. The van der Waals surface area contributed by atoms with Gasteiger partial charge in [0.25, 0.3) is 5.91 Å². The minimum absolute atomic E-state index is 0.111. The quantitative estimate of drug-likeness (QED) is 0.862.